The molecule has 8 nitrogen and oxygen atoms in total. The number of carbonyl (C=O) groups excluding carboxylic acids is 2. The SMILES string of the molecule is Cc1ncc2c(n1)CCCN(CC(=O)NCCCN1CCOCC1)C2=O. The predicted molar refractivity (Wildman–Crippen MR) is 95.9 cm³/mol. The van der Waals surface area contributed by atoms with E-state index in [1.54, 1.807) is 11.1 Å². The van der Waals surface area contributed by atoms with Gasteiger partial charge in [-0.15, -0.1) is 0 Å². The molecule has 1 saturated heterocycles. The highest BCUT2D eigenvalue weighted by Crippen LogP contribution is 2.16. The van der Waals surface area contributed by atoms with Gasteiger partial charge in [-0.2, -0.15) is 0 Å². The topological polar surface area (TPSA) is 87.7 Å². The van der Waals surface area contributed by atoms with Crippen molar-refractivity contribution in [3.63, 3.8) is 0 Å². The lowest BCUT2D eigenvalue weighted by Gasteiger charge is -2.26. The van der Waals surface area contributed by atoms with Crippen molar-refractivity contribution in [2.75, 3.05) is 52.5 Å². The van der Waals surface area contributed by atoms with E-state index in [0.29, 0.717) is 24.5 Å². The number of ether oxygens (including phenoxy) is 1. The van der Waals surface area contributed by atoms with Gasteiger partial charge in [-0.3, -0.25) is 14.5 Å². The first-order valence-electron chi connectivity index (χ1n) is 9.32. The molecule has 0 aromatic carbocycles. The van der Waals surface area contributed by atoms with Crippen molar-refractivity contribution < 1.29 is 14.3 Å². The average Bonchev–Trinajstić information content (AvgIpc) is 2.79. The van der Waals surface area contributed by atoms with Crippen molar-refractivity contribution in [2.45, 2.75) is 26.2 Å². The second-order valence-corrected chi connectivity index (χ2v) is 6.77. The van der Waals surface area contributed by atoms with Gasteiger partial charge in [0.2, 0.25) is 5.91 Å². The second-order valence-electron chi connectivity index (χ2n) is 6.77. The maximum atomic E-state index is 12.7. The molecule has 142 valence electrons. The van der Waals surface area contributed by atoms with Crippen LogP contribution in [0.15, 0.2) is 6.20 Å². The van der Waals surface area contributed by atoms with Gasteiger partial charge in [-0.25, -0.2) is 9.97 Å². The van der Waals surface area contributed by atoms with Gasteiger partial charge in [-0.1, -0.05) is 0 Å². The fraction of sp³-hybridized carbons (Fsp3) is 0.667. The molecule has 3 rings (SSSR count). The van der Waals surface area contributed by atoms with Crippen molar-refractivity contribution in [3.05, 3.63) is 23.3 Å². The first-order valence-corrected chi connectivity index (χ1v) is 9.32. The molecule has 1 N–H and O–H groups in total. The molecular weight excluding hydrogens is 334 g/mol. The highest BCUT2D eigenvalue weighted by atomic mass is 16.5. The maximum Gasteiger partial charge on any atom is 0.257 e. The fourth-order valence-corrected chi connectivity index (χ4v) is 3.33. The first kappa shape index (κ1) is 18.7. The first-order chi connectivity index (χ1) is 12.6. The summed E-state index contributed by atoms with van der Waals surface area (Å²) in [4.78, 5) is 37.3. The third-order valence-corrected chi connectivity index (χ3v) is 4.76. The smallest absolute Gasteiger partial charge is 0.257 e. The average molecular weight is 361 g/mol. The predicted octanol–water partition coefficient (Wildman–Crippen LogP) is 0.0119. The summed E-state index contributed by atoms with van der Waals surface area (Å²) in [5, 5.41) is 2.92. The molecule has 2 amide bonds. The quantitative estimate of drug-likeness (QED) is 0.719. The Hall–Kier alpha value is -2.06. The third-order valence-electron chi connectivity index (χ3n) is 4.76. The Morgan fingerprint density at radius 2 is 2.12 bits per heavy atom. The minimum atomic E-state index is -0.152. The van der Waals surface area contributed by atoms with Crippen LogP contribution in [0.25, 0.3) is 0 Å². The van der Waals surface area contributed by atoms with Crippen LogP contribution in [0.1, 0.15) is 34.7 Å². The molecule has 26 heavy (non-hydrogen) atoms. The lowest BCUT2D eigenvalue weighted by molar-refractivity contribution is -0.121. The summed E-state index contributed by atoms with van der Waals surface area (Å²) in [6, 6.07) is 0. The van der Waals surface area contributed by atoms with Gasteiger partial charge in [0.15, 0.2) is 0 Å². The van der Waals surface area contributed by atoms with E-state index in [1.165, 1.54) is 0 Å². The molecule has 0 spiro atoms. The summed E-state index contributed by atoms with van der Waals surface area (Å²) in [6.45, 7) is 7.53. The van der Waals surface area contributed by atoms with Gasteiger partial charge in [0.05, 0.1) is 31.0 Å². The summed E-state index contributed by atoms with van der Waals surface area (Å²) in [5.74, 6) is 0.404. The van der Waals surface area contributed by atoms with Crippen molar-refractivity contribution >= 4 is 11.8 Å². The number of carbonyl (C=O) groups is 2. The minimum absolute atomic E-state index is 0.0870. The van der Waals surface area contributed by atoms with Crippen LogP contribution in [0.2, 0.25) is 0 Å². The Bertz CT molecular complexity index is 646. The molecule has 0 radical (unpaired) electrons. The van der Waals surface area contributed by atoms with Crippen LogP contribution < -0.4 is 5.32 Å². The number of hydrogen-bond donors (Lipinski definition) is 1. The Kier molecular flexibility index (Phi) is 6.51. The molecule has 0 atom stereocenters. The minimum Gasteiger partial charge on any atom is -0.379 e. The summed E-state index contributed by atoms with van der Waals surface area (Å²) >= 11 is 0. The molecular formula is C18H27N5O3. The fourth-order valence-electron chi connectivity index (χ4n) is 3.33. The normalized spacial score (nSPS) is 18.3. The van der Waals surface area contributed by atoms with Crippen LogP contribution in [0.4, 0.5) is 0 Å². The van der Waals surface area contributed by atoms with Gasteiger partial charge in [0, 0.05) is 32.4 Å². The standard InChI is InChI=1S/C18H27N5O3/c1-14-20-12-15-16(21-14)4-2-7-23(18(15)25)13-17(24)19-5-3-6-22-8-10-26-11-9-22/h12H,2-11,13H2,1H3,(H,19,24). The number of fused-ring (bicyclic) bond motifs is 1. The second kappa shape index (κ2) is 9.05. The van der Waals surface area contributed by atoms with E-state index >= 15 is 0 Å². The highest BCUT2D eigenvalue weighted by Gasteiger charge is 2.25. The van der Waals surface area contributed by atoms with Crippen LogP contribution in [-0.4, -0.2) is 84.1 Å². The Morgan fingerprint density at radius 3 is 2.92 bits per heavy atom. The van der Waals surface area contributed by atoms with Crippen molar-refractivity contribution in [3.8, 4) is 0 Å². The van der Waals surface area contributed by atoms with Crippen molar-refractivity contribution in [1.29, 1.82) is 0 Å². The number of aromatic nitrogens is 2. The Labute approximate surface area is 153 Å². The van der Waals surface area contributed by atoms with Crippen molar-refractivity contribution in [1.82, 2.24) is 25.1 Å². The lowest BCUT2D eigenvalue weighted by atomic mass is 10.1. The van der Waals surface area contributed by atoms with Crippen LogP contribution in [-0.2, 0) is 16.0 Å². The summed E-state index contributed by atoms with van der Waals surface area (Å²) in [5.41, 5.74) is 1.31. The summed E-state index contributed by atoms with van der Waals surface area (Å²) in [7, 11) is 0. The Morgan fingerprint density at radius 1 is 1.31 bits per heavy atom. The van der Waals surface area contributed by atoms with E-state index in [-0.39, 0.29) is 18.4 Å². The van der Waals surface area contributed by atoms with Crippen LogP contribution in [0.5, 0.6) is 0 Å². The highest BCUT2D eigenvalue weighted by molar-refractivity contribution is 5.97. The largest absolute Gasteiger partial charge is 0.379 e. The number of nitrogens with one attached hydrogen (secondary N) is 1. The number of nitrogens with zero attached hydrogens (tertiary/aromatic N) is 4. The van der Waals surface area contributed by atoms with Gasteiger partial charge < -0.3 is 15.0 Å². The number of amides is 2. The van der Waals surface area contributed by atoms with E-state index in [4.69, 9.17) is 4.74 Å². The van der Waals surface area contributed by atoms with E-state index in [0.717, 1.165) is 57.8 Å². The zero-order valence-electron chi connectivity index (χ0n) is 15.4. The zero-order valence-corrected chi connectivity index (χ0v) is 15.4. The van der Waals surface area contributed by atoms with Crippen molar-refractivity contribution in [2.24, 2.45) is 0 Å². The Balaban J connectivity index is 1.44. The van der Waals surface area contributed by atoms with Gasteiger partial charge in [0.1, 0.15) is 5.82 Å². The molecule has 1 aromatic heterocycles. The molecule has 1 fully saturated rings. The monoisotopic (exact) mass is 361 g/mol. The number of aryl methyl sites for hydroxylation is 2. The number of hydrogen-bond acceptors (Lipinski definition) is 6. The van der Waals surface area contributed by atoms with E-state index in [9.17, 15) is 9.59 Å². The zero-order chi connectivity index (χ0) is 18.4. The molecule has 0 saturated carbocycles. The molecule has 8 heteroatoms. The van der Waals surface area contributed by atoms with Crippen LogP contribution in [0, 0.1) is 6.92 Å². The van der Waals surface area contributed by atoms with Gasteiger partial charge in [-0.05, 0) is 32.7 Å². The molecule has 3 heterocycles. The van der Waals surface area contributed by atoms with E-state index in [2.05, 4.69) is 20.2 Å². The molecule has 1 aromatic rings. The summed E-state index contributed by atoms with van der Waals surface area (Å²) < 4.78 is 5.32. The van der Waals surface area contributed by atoms with E-state index < -0.39 is 0 Å². The lowest BCUT2D eigenvalue weighted by Crippen LogP contribution is -2.42. The molecule has 0 unspecified atom stereocenters. The number of rotatable bonds is 6. The molecule has 0 bridgehead atoms. The maximum absolute atomic E-state index is 12.7. The van der Waals surface area contributed by atoms with E-state index in [1.807, 2.05) is 6.92 Å². The molecule has 2 aliphatic heterocycles. The molecule has 2 aliphatic rings. The van der Waals surface area contributed by atoms with Crippen LogP contribution in [0.3, 0.4) is 0 Å². The number of morpholine rings is 1. The molecule has 0 aliphatic carbocycles. The van der Waals surface area contributed by atoms with Crippen LogP contribution >= 0.6 is 0 Å². The van der Waals surface area contributed by atoms with Gasteiger partial charge >= 0.3 is 0 Å². The third kappa shape index (κ3) is 4.98. The summed E-state index contributed by atoms with van der Waals surface area (Å²) in [6.07, 6.45) is 4.02. The van der Waals surface area contributed by atoms with Gasteiger partial charge in [0.25, 0.3) is 5.91 Å².